The van der Waals surface area contributed by atoms with Gasteiger partial charge in [-0.15, -0.1) is 0 Å². The average Bonchev–Trinajstić information content (AvgIpc) is 3.84. The maximum Gasteiger partial charge on any atom is 0.220 e. The molecule has 5 heterocycles. The van der Waals surface area contributed by atoms with Crippen molar-refractivity contribution < 1.29 is 14.3 Å². The largest absolute Gasteiger partial charge is 0.496 e. The minimum atomic E-state index is 0.105. The molecule has 5 aromatic rings. The van der Waals surface area contributed by atoms with E-state index in [9.17, 15) is 9.59 Å². The summed E-state index contributed by atoms with van der Waals surface area (Å²) in [6.45, 7) is 2.57. The number of nitrogens with zero attached hydrogens (tertiary/aromatic N) is 4. The van der Waals surface area contributed by atoms with Crippen LogP contribution in [0, 0.1) is 0 Å². The van der Waals surface area contributed by atoms with Crippen molar-refractivity contribution in [3.8, 4) is 39.4 Å². The number of hydrogen-bond donors (Lipinski definition) is 4. The van der Waals surface area contributed by atoms with E-state index in [1.165, 1.54) is 0 Å². The van der Waals surface area contributed by atoms with Gasteiger partial charge in [0.1, 0.15) is 5.75 Å². The Labute approximate surface area is 293 Å². The molecule has 13 heteroatoms. The van der Waals surface area contributed by atoms with Crippen LogP contribution in [0.25, 0.3) is 39.3 Å². The Bertz CT molecular complexity index is 2030. The highest BCUT2D eigenvalue weighted by Gasteiger charge is 2.22. The quantitative estimate of drug-likeness (QED) is 0.140. The number of carbonyl (C=O) groups is 2. The number of aromatic nitrogens is 4. The van der Waals surface area contributed by atoms with Gasteiger partial charge >= 0.3 is 0 Å². The molecule has 0 aliphatic carbocycles. The maximum atomic E-state index is 11.5. The molecule has 4 N–H and O–H groups in total. The van der Waals surface area contributed by atoms with E-state index >= 15 is 0 Å². The minimum absolute atomic E-state index is 0.105. The molecule has 3 aromatic heterocycles. The fourth-order valence-corrected chi connectivity index (χ4v) is 7.07. The SMILES string of the molecule is COc1cc(-c2nccc(-c3cccc(-c4cn5cc(CNCC6CCC(=O)N6)nc5cn4)c3Cl)c2Cl)ccc1CNCC1CCC(=O)N1. The molecule has 2 aliphatic heterocycles. The normalized spacial score (nSPS) is 17.4. The smallest absolute Gasteiger partial charge is 0.220 e. The van der Waals surface area contributed by atoms with Gasteiger partial charge in [-0.2, -0.15) is 0 Å². The van der Waals surface area contributed by atoms with E-state index in [4.69, 9.17) is 27.9 Å². The first-order valence-corrected chi connectivity index (χ1v) is 17.1. The van der Waals surface area contributed by atoms with Gasteiger partial charge in [-0.3, -0.25) is 19.6 Å². The molecule has 11 nitrogen and oxygen atoms in total. The highest BCUT2D eigenvalue weighted by Crippen LogP contribution is 2.42. The van der Waals surface area contributed by atoms with Gasteiger partial charge in [-0.25, -0.2) is 4.98 Å². The third-order valence-corrected chi connectivity index (χ3v) is 9.77. The van der Waals surface area contributed by atoms with Crippen LogP contribution in [0.2, 0.25) is 10.0 Å². The van der Waals surface area contributed by atoms with Crippen LogP contribution in [0.3, 0.4) is 0 Å². The number of amides is 2. The highest BCUT2D eigenvalue weighted by molar-refractivity contribution is 6.39. The molecule has 49 heavy (non-hydrogen) atoms. The number of hydrogen-bond acceptors (Lipinski definition) is 8. The molecule has 252 valence electrons. The second-order valence-electron chi connectivity index (χ2n) is 12.4. The van der Waals surface area contributed by atoms with Crippen molar-refractivity contribution in [2.24, 2.45) is 0 Å². The molecule has 2 amide bonds. The van der Waals surface area contributed by atoms with Crippen molar-refractivity contribution in [1.29, 1.82) is 0 Å². The van der Waals surface area contributed by atoms with E-state index in [1.54, 1.807) is 19.5 Å². The zero-order valence-corrected chi connectivity index (χ0v) is 28.4. The van der Waals surface area contributed by atoms with E-state index in [0.29, 0.717) is 66.2 Å². The molecule has 0 bridgehead atoms. The summed E-state index contributed by atoms with van der Waals surface area (Å²) in [5.74, 6) is 0.927. The molecule has 7 rings (SSSR count). The van der Waals surface area contributed by atoms with Gasteiger partial charge in [-0.05, 0) is 25.0 Å². The molecule has 2 fully saturated rings. The predicted octanol–water partition coefficient (Wildman–Crippen LogP) is 5.18. The summed E-state index contributed by atoms with van der Waals surface area (Å²) in [5, 5.41) is 13.7. The lowest BCUT2D eigenvalue weighted by atomic mass is 9.99. The second kappa shape index (κ2) is 14.5. The van der Waals surface area contributed by atoms with E-state index in [1.807, 2.05) is 59.3 Å². The van der Waals surface area contributed by atoms with E-state index in [-0.39, 0.29) is 23.9 Å². The topological polar surface area (TPSA) is 135 Å². The van der Waals surface area contributed by atoms with Gasteiger partial charge < -0.3 is 30.4 Å². The molecular formula is C36H36Cl2N8O3. The van der Waals surface area contributed by atoms with Crippen LogP contribution in [0.4, 0.5) is 0 Å². The summed E-state index contributed by atoms with van der Waals surface area (Å²) >= 11 is 14.1. The van der Waals surface area contributed by atoms with Crippen LogP contribution in [-0.4, -0.2) is 63.4 Å². The number of carbonyl (C=O) groups excluding carboxylic acids is 2. The third-order valence-electron chi connectivity index (χ3n) is 8.98. The maximum absolute atomic E-state index is 11.5. The number of pyridine rings is 1. The van der Waals surface area contributed by atoms with Gasteiger partial charge in [-0.1, -0.05) is 53.5 Å². The lowest BCUT2D eigenvalue weighted by Crippen LogP contribution is -2.35. The van der Waals surface area contributed by atoms with Gasteiger partial charge in [0.2, 0.25) is 11.8 Å². The molecule has 0 radical (unpaired) electrons. The Morgan fingerprint density at radius 2 is 1.59 bits per heavy atom. The lowest BCUT2D eigenvalue weighted by molar-refractivity contribution is -0.120. The molecule has 2 aliphatic rings. The first-order valence-electron chi connectivity index (χ1n) is 16.3. The van der Waals surface area contributed by atoms with Crippen molar-refractivity contribution in [3.63, 3.8) is 0 Å². The Morgan fingerprint density at radius 3 is 2.31 bits per heavy atom. The molecule has 2 saturated heterocycles. The Hall–Kier alpha value is -4.55. The summed E-state index contributed by atoms with van der Waals surface area (Å²) < 4.78 is 7.67. The zero-order chi connectivity index (χ0) is 33.9. The fraction of sp³-hybridized carbons (Fsp3) is 0.306. The Balaban J connectivity index is 1.09. The van der Waals surface area contributed by atoms with E-state index < -0.39 is 0 Å². The average molecular weight is 700 g/mol. The number of halogens is 2. The van der Waals surface area contributed by atoms with Crippen LogP contribution in [0.5, 0.6) is 5.75 Å². The summed E-state index contributed by atoms with van der Waals surface area (Å²) in [4.78, 5) is 37.0. The van der Waals surface area contributed by atoms with Gasteiger partial charge in [0.25, 0.3) is 0 Å². The minimum Gasteiger partial charge on any atom is -0.496 e. The van der Waals surface area contributed by atoms with Crippen molar-refractivity contribution in [2.75, 3.05) is 20.2 Å². The molecule has 2 unspecified atom stereocenters. The molecule has 2 aromatic carbocycles. The first kappa shape index (κ1) is 33.0. The Morgan fingerprint density at radius 1 is 0.878 bits per heavy atom. The summed E-state index contributed by atoms with van der Waals surface area (Å²) in [6.07, 6.45) is 10.2. The van der Waals surface area contributed by atoms with Crippen molar-refractivity contribution in [2.45, 2.75) is 50.9 Å². The zero-order valence-electron chi connectivity index (χ0n) is 26.9. The molecule has 2 atom stereocenters. The fourth-order valence-electron chi connectivity index (χ4n) is 6.42. The van der Waals surface area contributed by atoms with Crippen LogP contribution < -0.4 is 26.0 Å². The number of rotatable bonds is 12. The van der Waals surface area contributed by atoms with E-state index in [0.717, 1.165) is 52.0 Å². The van der Waals surface area contributed by atoms with Crippen LogP contribution in [0.1, 0.15) is 36.9 Å². The first-order chi connectivity index (χ1) is 23.9. The van der Waals surface area contributed by atoms with Gasteiger partial charge in [0.15, 0.2) is 5.65 Å². The van der Waals surface area contributed by atoms with E-state index in [2.05, 4.69) is 36.2 Å². The van der Waals surface area contributed by atoms with Crippen molar-refractivity contribution >= 4 is 40.7 Å². The lowest BCUT2D eigenvalue weighted by Gasteiger charge is -2.16. The van der Waals surface area contributed by atoms with Crippen molar-refractivity contribution in [1.82, 2.24) is 40.6 Å². The number of fused-ring (bicyclic) bond motifs is 1. The second-order valence-corrected chi connectivity index (χ2v) is 13.1. The summed E-state index contributed by atoms with van der Waals surface area (Å²) in [5.41, 5.74) is 6.98. The highest BCUT2D eigenvalue weighted by atomic mass is 35.5. The number of nitrogens with one attached hydrogen (secondary N) is 4. The number of benzene rings is 2. The van der Waals surface area contributed by atoms with Crippen LogP contribution >= 0.6 is 23.2 Å². The molecule has 0 saturated carbocycles. The monoisotopic (exact) mass is 698 g/mol. The third kappa shape index (κ3) is 7.25. The Kier molecular flexibility index (Phi) is 9.77. The van der Waals surface area contributed by atoms with Crippen molar-refractivity contribution in [3.05, 3.63) is 88.6 Å². The predicted molar refractivity (Wildman–Crippen MR) is 189 cm³/mol. The number of methoxy groups -OCH3 is 1. The van der Waals surface area contributed by atoms with Crippen LogP contribution in [-0.2, 0) is 22.7 Å². The number of ether oxygens (including phenoxy) is 1. The molecule has 0 spiro atoms. The van der Waals surface area contributed by atoms with Gasteiger partial charge in [0.05, 0.1) is 40.4 Å². The number of imidazole rings is 1. The molecular weight excluding hydrogens is 663 g/mol. The summed E-state index contributed by atoms with van der Waals surface area (Å²) in [6, 6.07) is 13.9. The van der Waals surface area contributed by atoms with Gasteiger partial charge in [0, 0.05) is 97.5 Å². The summed E-state index contributed by atoms with van der Waals surface area (Å²) in [7, 11) is 1.64. The standard InChI is InChI=1S/C36H36Cl2N8O3/c1-49-30-13-21(5-6-22(30)14-39-15-23-7-9-32(47)44-23)36-35(38)27(11-12-41-36)26-3-2-4-28(34(26)37)29-20-46-19-25(43-31(46)18-42-29)17-40-16-24-8-10-33(48)45-24/h2-6,11-13,18-20,23-24,39-40H,7-10,14-17H2,1H3,(H,44,47)(H,45,48). The van der Waals surface area contributed by atoms with Crippen LogP contribution in [0.15, 0.2) is 67.3 Å².